The van der Waals surface area contributed by atoms with Crippen molar-refractivity contribution in [2.75, 3.05) is 37.0 Å². The second-order valence-corrected chi connectivity index (χ2v) is 7.94. The molecule has 1 atom stereocenters. The minimum atomic E-state index is -0.256. The number of halogens is 1. The third kappa shape index (κ3) is 4.73. The minimum Gasteiger partial charge on any atom is -0.493 e. The molecule has 2 aromatic rings. The summed E-state index contributed by atoms with van der Waals surface area (Å²) >= 11 is 1.64. The van der Waals surface area contributed by atoms with Gasteiger partial charge in [-0.3, -0.25) is 4.57 Å². The van der Waals surface area contributed by atoms with E-state index in [1.807, 2.05) is 0 Å². The number of aromatic nitrogens is 3. The summed E-state index contributed by atoms with van der Waals surface area (Å²) in [7, 11) is 0. The van der Waals surface area contributed by atoms with Crippen LogP contribution in [0.3, 0.4) is 0 Å². The van der Waals surface area contributed by atoms with Gasteiger partial charge in [0.1, 0.15) is 11.6 Å². The van der Waals surface area contributed by atoms with E-state index in [2.05, 4.69) is 19.7 Å². The fraction of sp³-hybridized carbons (Fsp3) is 0.579. The van der Waals surface area contributed by atoms with Crippen LogP contribution in [0.5, 0.6) is 5.75 Å². The number of ether oxygens (including phenoxy) is 2. The Balaban J connectivity index is 1.37. The van der Waals surface area contributed by atoms with Gasteiger partial charge in [0.05, 0.1) is 19.3 Å². The molecule has 1 unspecified atom stereocenters. The highest BCUT2D eigenvalue weighted by atomic mass is 32.2. The largest absolute Gasteiger partial charge is 0.493 e. The summed E-state index contributed by atoms with van der Waals surface area (Å²) in [6.07, 6.45) is 4.88. The molecule has 6 nitrogen and oxygen atoms in total. The maximum Gasteiger partial charge on any atom is 0.228 e. The van der Waals surface area contributed by atoms with E-state index < -0.39 is 0 Å². The molecule has 27 heavy (non-hydrogen) atoms. The van der Waals surface area contributed by atoms with Crippen molar-refractivity contribution in [1.82, 2.24) is 14.8 Å². The van der Waals surface area contributed by atoms with E-state index in [4.69, 9.17) is 9.47 Å². The van der Waals surface area contributed by atoms with Crippen LogP contribution in [0, 0.1) is 5.82 Å². The van der Waals surface area contributed by atoms with Crippen LogP contribution < -0.4 is 9.64 Å². The Kier molecular flexibility index (Phi) is 6.14. The SMILES string of the molecule is Fc1ccc(OCCSc2nnc(N3CCCC3)n2CC2CCCO2)cc1. The molecular weight excluding hydrogens is 367 g/mol. The molecule has 0 aliphatic carbocycles. The molecular formula is C19H25FN4O2S. The summed E-state index contributed by atoms with van der Waals surface area (Å²) in [4.78, 5) is 2.32. The predicted octanol–water partition coefficient (Wildman–Crippen LogP) is 3.37. The van der Waals surface area contributed by atoms with Crippen molar-refractivity contribution >= 4 is 17.7 Å². The first kappa shape index (κ1) is 18.6. The maximum atomic E-state index is 12.9. The van der Waals surface area contributed by atoms with Crippen LogP contribution in [0.2, 0.25) is 0 Å². The molecule has 4 rings (SSSR count). The van der Waals surface area contributed by atoms with E-state index in [-0.39, 0.29) is 11.9 Å². The van der Waals surface area contributed by atoms with Crippen LogP contribution in [0.1, 0.15) is 25.7 Å². The summed E-state index contributed by atoms with van der Waals surface area (Å²) in [5.74, 6) is 2.13. The first-order valence-electron chi connectivity index (χ1n) is 9.60. The first-order valence-corrected chi connectivity index (χ1v) is 10.6. The lowest BCUT2D eigenvalue weighted by Gasteiger charge is -2.20. The van der Waals surface area contributed by atoms with Crippen molar-refractivity contribution in [3.63, 3.8) is 0 Å². The average molecular weight is 393 g/mol. The third-order valence-corrected chi connectivity index (χ3v) is 5.82. The van der Waals surface area contributed by atoms with Crippen molar-refractivity contribution in [3.8, 4) is 5.75 Å². The van der Waals surface area contributed by atoms with Crippen LogP contribution in [0.25, 0.3) is 0 Å². The van der Waals surface area contributed by atoms with Gasteiger partial charge in [0.2, 0.25) is 5.95 Å². The monoisotopic (exact) mass is 392 g/mol. The number of hydrogen-bond donors (Lipinski definition) is 0. The van der Waals surface area contributed by atoms with Crippen LogP contribution in [0.4, 0.5) is 10.3 Å². The summed E-state index contributed by atoms with van der Waals surface area (Å²) < 4.78 is 26.7. The van der Waals surface area contributed by atoms with Crippen LogP contribution in [-0.2, 0) is 11.3 Å². The lowest BCUT2D eigenvalue weighted by Crippen LogP contribution is -2.25. The van der Waals surface area contributed by atoms with Gasteiger partial charge in [-0.25, -0.2) is 4.39 Å². The molecule has 0 radical (unpaired) electrons. The summed E-state index contributed by atoms with van der Waals surface area (Å²) in [6, 6.07) is 6.10. The quantitative estimate of drug-likeness (QED) is 0.507. The summed E-state index contributed by atoms with van der Waals surface area (Å²) in [6.45, 7) is 4.27. The molecule has 146 valence electrons. The number of nitrogens with zero attached hydrogens (tertiary/aromatic N) is 4. The molecule has 2 fully saturated rings. The molecule has 3 heterocycles. The second-order valence-electron chi connectivity index (χ2n) is 6.87. The molecule has 1 aromatic carbocycles. The first-order chi connectivity index (χ1) is 13.3. The number of rotatable bonds is 8. The van der Waals surface area contributed by atoms with Gasteiger partial charge in [0.25, 0.3) is 0 Å². The highest BCUT2D eigenvalue weighted by Crippen LogP contribution is 2.27. The zero-order valence-corrected chi connectivity index (χ0v) is 16.2. The van der Waals surface area contributed by atoms with Crippen molar-refractivity contribution in [3.05, 3.63) is 30.1 Å². The number of thioether (sulfide) groups is 1. The lowest BCUT2D eigenvalue weighted by atomic mass is 10.2. The highest BCUT2D eigenvalue weighted by molar-refractivity contribution is 7.99. The third-order valence-electron chi connectivity index (χ3n) is 4.89. The van der Waals surface area contributed by atoms with Gasteiger partial charge in [-0.1, -0.05) is 11.8 Å². The fourth-order valence-corrected chi connectivity index (χ4v) is 4.27. The number of anilines is 1. The average Bonchev–Trinajstić information content (AvgIpc) is 3.43. The smallest absolute Gasteiger partial charge is 0.228 e. The number of hydrogen-bond acceptors (Lipinski definition) is 6. The Hall–Kier alpha value is -1.80. The molecule has 2 saturated heterocycles. The van der Waals surface area contributed by atoms with E-state index in [0.29, 0.717) is 12.4 Å². The van der Waals surface area contributed by atoms with Gasteiger partial charge >= 0.3 is 0 Å². The van der Waals surface area contributed by atoms with Gasteiger partial charge < -0.3 is 14.4 Å². The Labute approximate surface area is 163 Å². The Morgan fingerprint density at radius 2 is 1.96 bits per heavy atom. The second kappa shape index (κ2) is 8.93. The van der Waals surface area contributed by atoms with E-state index in [1.165, 1.54) is 25.0 Å². The normalized spacial score (nSPS) is 19.7. The molecule has 0 bridgehead atoms. The van der Waals surface area contributed by atoms with Crippen LogP contribution in [-0.4, -0.2) is 52.9 Å². The van der Waals surface area contributed by atoms with E-state index in [0.717, 1.165) is 55.9 Å². The fourth-order valence-electron chi connectivity index (χ4n) is 3.51. The van der Waals surface area contributed by atoms with Gasteiger partial charge in [-0.05, 0) is 49.9 Å². The standard InChI is InChI=1S/C19H25FN4O2S/c20-15-5-7-16(8-6-15)26-12-13-27-19-22-21-18(23-9-1-2-10-23)24(19)14-17-4-3-11-25-17/h5-8,17H,1-4,9-14H2. The molecule has 0 spiro atoms. The van der Waals surface area contributed by atoms with Gasteiger partial charge in [0.15, 0.2) is 5.16 Å². The molecule has 0 amide bonds. The molecule has 0 N–H and O–H groups in total. The van der Waals surface area contributed by atoms with Gasteiger partial charge in [-0.15, -0.1) is 10.2 Å². The van der Waals surface area contributed by atoms with Crippen LogP contribution >= 0.6 is 11.8 Å². The maximum absolute atomic E-state index is 12.9. The van der Waals surface area contributed by atoms with Crippen LogP contribution in [0.15, 0.2) is 29.4 Å². The van der Waals surface area contributed by atoms with E-state index in [1.54, 1.807) is 23.9 Å². The van der Waals surface area contributed by atoms with E-state index in [9.17, 15) is 4.39 Å². The summed E-state index contributed by atoms with van der Waals surface area (Å²) in [5.41, 5.74) is 0. The molecule has 2 aliphatic rings. The van der Waals surface area contributed by atoms with Gasteiger partial charge in [-0.2, -0.15) is 0 Å². The Bertz CT molecular complexity index is 728. The van der Waals surface area contributed by atoms with Gasteiger partial charge in [0, 0.05) is 25.4 Å². The van der Waals surface area contributed by atoms with E-state index >= 15 is 0 Å². The zero-order valence-electron chi connectivity index (χ0n) is 15.3. The predicted molar refractivity (Wildman–Crippen MR) is 103 cm³/mol. The van der Waals surface area contributed by atoms with Crippen molar-refractivity contribution in [1.29, 1.82) is 0 Å². The Morgan fingerprint density at radius 1 is 1.15 bits per heavy atom. The zero-order chi connectivity index (χ0) is 18.5. The van der Waals surface area contributed by atoms with Crippen molar-refractivity contribution in [2.45, 2.75) is 43.5 Å². The minimum absolute atomic E-state index is 0.247. The topological polar surface area (TPSA) is 52.4 Å². The van der Waals surface area contributed by atoms with Crippen molar-refractivity contribution < 1.29 is 13.9 Å². The molecule has 0 saturated carbocycles. The highest BCUT2D eigenvalue weighted by Gasteiger charge is 2.25. The molecule has 2 aliphatic heterocycles. The summed E-state index contributed by atoms with van der Waals surface area (Å²) in [5, 5.41) is 9.81. The van der Waals surface area contributed by atoms with Crippen molar-refractivity contribution in [2.24, 2.45) is 0 Å². The molecule has 1 aromatic heterocycles. The lowest BCUT2D eigenvalue weighted by molar-refractivity contribution is 0.0952. The molecule has 8 heteroatoms. The number of benzene rings is 1. The Morgan fingerprint density at radius 3 is 2.70 bits per heavy atom.